The molecule has 22 aromatic rings. The molecule has 0 fully saturated rings. The molecule has 0 aliphatic heterocycles. The van der Waals surface area contributed by atoms with Gasteiger partial charge in [0.05, 0.1) is 0 Å². The lowest BCUT2D eigenvalue weighted by Gasteiger charge is -2.30. The molecule has 0 radical (unpaired) electrons. The van der Waals surface area contributed by atoms with E-state index in [2.05, 4.69) is 400 Å². The molecule has 0 heteroatoms. The zero-order chi connectivity index (χ0) is 70.9. The van der Waals surface area contributed by atoms with Gasteiger partial charge in [-0.2, -0.15) is 0 Å². The largest absolute Gasteiger partial charge is 0.0622 e. The Bertz CT molecular complexity index is 6670. The van der Waals surface area contributed by atoms with Crippen LogP contribution >= 0.6 is 0 Å². The molecule has 22 aromatic carbocycles. The fourth-order valence-electron chi connectivity index (χ4n) is 18.3. The third-order valence-electron chi connectivity index (χ3n) is 23.3. The summed E-state index contributed by atoms with van der Waals surface area (Å²) in [5.41, 5.74) is 20.8. The van der Waals surface area contributed by atoms with Gasteiger partial charge in [0.15, 0.2) is 0 Å². The van der Waals surface area contributed by atoms with Crippen molar-refractivity contribution in [2.75, 3.05) is 0 Å². The highest BCUT2D eigenvalue weighted by Gasteiger charge is 2.32. The topological polar surface area (TPSA) is 0 Å². The lowest BCUT2D eigenvalue weighted by Crippen LogP contribution is -2.03. The number of hydrogen-bond acceptors (Lipinski definition) is 0. The average Bonchev–Trinajstić information content (AvgIpc) is 0.705. The van der Waals surface area contributed by atoms with Crippen LogP contribution in [0.3, 0.4) is 0 Å². The second-order valence-corrected chi connectivity index (χ2v) is 29.2. The molecule has 0 spiro atoms. The molecule has 0 atom stereocenters. The van der Waals surface area contributed by atoms with E-state index in [-0.39, 0.29) is 0 Å². The summed E-state index contributed by atoms with van der Waals surface area (Å²) in [5, 5.41) is 29.2. The standard InChI is InChI=1S/C108H66/c1-4-22-67(23-5-1)70-40-43-76-61-79(49-46-73(76)58-70)103-106(82-52-55-97-91-34-13-10-28-85(91)88-31-16-19-37-94(88)100(97)64-82)104(80-50-47-74-59-71(41-44-77(74)62-80)68-24-6-2-7-25-68)108(84-54-57-99-93-36-15-12-30-87(93)90-33-18-21-39-96(90)102(99)66-84)105(81-51-48-75-60-72(42-45-78(75)63-81)69-26-8-3-9-27-69)107(103)83-53-56-98-92-35-14-11-29-86(92)89-32-17-20-38-95(89)101(98)65-83/h1-66H. The van der Waals surface area contributed by atoms with Crippen molar-refractivity contribution in [3.8, 4) is 100 Å². The lowest BCUT2D eigenvalue weighted by molar-refractivity contribution is 1.54. The molecule has 0 bridgehead atoms. The Morgan fingerprint density at radius 3 is 0.444 bits per heavy atom. The van der Waals surface area contributed by atoms with E-state index in [4.69, 9.17) is 0 Å². The minimum atomic E-state index is 1.12. The van der Waals surface area contributed by atoms with Crippen molar-refractivity contribution in [1.82, 2.24) is 0 Å². The Kier molecular flexibility index (Phi) is 14.1. The summed E-state index contributed by atoms with van der Waals surface area (Å²) in [6.07, 6.45) is 0. The van der Waals surface area contributed by atoms with E-state index in [0.717, 1.165) is 82.9 Å². The van der Waals surface area contributed by atoms with Gasteiger partial charge in [-0.3, -0.25) is 0 Å². The zero-order valence-corrected chi connectivity index (χ0v) is 59.1. The molecular formula is C108H66. The first kappa shape index (κ1) is 61.4. The summed E-state index contributed by atoms with van der Waals surface area (Å²) in [7, 11) is 0. The fraction of sp³-hybridized carbons (Fsp3) is 0. The van der Waals surface area contributed by atoms with Crippen LogP contribution in [0, 0.1) is 0 Å². The molecule has 0 aromatic heterocycles. The maximum absolute atomic E-state index is 2.56. The molecule has 0 aliphatic carbocycles. The van der Waals surface area contributed by atoms with Crippen molar-refractivity contribution < 1.29 is 0 Å². The van der Waals surface area contributed by atoms with E-state index in [9.17, 15) is 0 Å². The van der Waals surface area contributed by atoms with E-state index >= 15 is 0 Å². The fourth-order valence-corrected chi connectivity index (χ4v) is 18.3. The summed E-state index contributed by atoms with van der Waals surface area (Å²) in [6.45, 7) is 0. The number of rotatable bonds is 9. The normalized spacial score (nSPS) is 11.9. The highest BCUT2D eigenvalue weighted by Crippen LogP contribution is 2.59. The van der Waals surface area contributed by atoms with E-state index in [1.165, 1.54) is 146 Å². The van der Waals surface area contributed by atoms with Gasteiger partial charge in [0, 0.05) is 0 Å². The summed E-state index contributed by atoms with van der Waals surface area (Å²) in [6, 6.07) is 152. The minimum Gasteiger partial charge on any atom is -0.0622 e. The molecule has 0 amide bonds. The summed E-state index contributed by atoms with van der Waals surface area (Å²) < 4.78 is 0. The van der Waals surface area contributed by atoms with Crippen molar-refractivity contribution in [3.05, 3.63) is 400 Å². The molecule has 22 rings (SSSR count). The van der Waals surface area contributed by atoms with Crippen molar-refractivity contribution in [3.63, 3.8) is 0 Å². The van der Waals surface area contributed by atoms with Crippen LogP contribution in [0.25, 0.3) is 229 Å². The van der Waals surface area contributed by atoms with Crippen molar-refractivity contribution >= 4 is 129 Å². The van der Waals surface area contributed by atoms with Crippen LogP contribution in [0.15, 0.2) is 400 Å². The third-order valence-corrected chi connectivity index (χ3v) is 23.3. The minimum absolute atomic E-state index is 1.12. The van der Waals surface area contributed by atoms with Gasteiger partial charge in [-0.05, 0) is 284 Å². The molecule has 0 unspecified atom stereocenters. The van der Waals surface area contributed by atoms with Gasteiger partial charge in [0.2, 0.25) is 0 Å². The quantitative estimate of drug-likeness (QED) is 0.126. The van der Waals surface area contributed by atoms with Crippen LogP contribution in [-0.2, 0) is 0 Å². The second-order valence-electron chi connectivity index (χ2n) is 29.2. The first-order valence-corrected chi connectivity index (χ1v) is 37.6. The monoisotopic (exact) mass is 1360 g/mol. The Hall–Kier alpha value is -14.0. The van der Waals surface area contributed by atoms with Crippen LogP contribution in [-0.4, -0.2) is 0 Å². The average molecular weight is 1360 g/mol. The Morgan fingerprint density at radius 1 is 0.0833 bits per heavy atom. The maximum Gasteiger partial charge on any atom is -0.00136 e. The summed E-state index contributed by atoms with van der Waals surface area (Å²) in [5.74, 6) is 0. The van der Waals surface area contributed by atoms with E-state index in [0.29, 0.717) is 0 Å². The van der Waals surface area contributed by atoms with E-state index in [1.807, 2.05) is 0 Å². The van der Waals surface area contributed by atoms with Crippen LogP contribution in [0.5, 0.6) is 0 Å². The van der Waals surface area contributed by atoms with Crippen molar-refractivity contribution in [2.45, 2.75) is 0 Å². The number of hydrogen-bond donors (Lipinski definition) is 0. The van der Waals surface area contributed by atoms with Gasteiger partial charge in [-0.15, -0.1) is 0 Å². The number of benzene rings is 22. The molecule has 0 saturated heterocycles. The second kappa shape index (κ2) is 24.8. The predicted octanol–water partition coefficient (Wildman–Crippen LogP) is 30.5. The van der Waals surface area contributed by atoms with Gasteiger partial charge in [-0.1, -0.05) is 346 Å². The molecule has 0 heterocycles. The third kappa shape index (κ3) is 9.92. The maximum atomic E-state index is 2.56. The smallest absolute Gasteiger partial charge is 0.00136 e. The molecule has 498 valence electrons. The van der Waals surface area contributed by atoms with Gasteiger partial charge >= 0.3 is 0 Å². The first-order valence-electron chi connectivity index (χ1n) is 37.6. The van der Waals surface area contributed by atoms with Gasteiger partial charge in [0.1, 0.15) is 0 Å². The van der Waals surface area contributed by atoms with Crippen molar-refractivity contribution in [2.24, 2.45) is 0 Å². The van der Waals surface area contributed by atoms with Gasteiger partial charge < -0.3 is 0 Å². The highest BCUT2D eigenvalue weighted by atomic mass is 14.3. The molecule has 0 N–H and O–H groups in total. The van der Waals surface area contributed by atoms with Crippen LogP contribution in [0.2, 0.25) is 0 Å². The van der Waals surface area contributed by atoms with Crippen molar-refractivity contribution in [1.29, 1.82) is 0 Å². The zero-order valence-electron chi connectivity index (χ0n) is 59.1. The lowest BCUT2D eigenvalue weighted by atomic mass is 9.73. The molecule has 0 saturated carbocycles. The van der Waals surface area contributed by atoms with Gasteiger partial charge in [-0.25, -0.2) is 0 Å². The van der Waals surface area contributed by atoms with Crippen LogP contribution in [0.1, 0.15) is 0 Å². The van der Waals surface area contributed by atoms with Crippen LogP contribution < -0.4 is 0 Å². The van der Waals surface area contributed by atoms with Crippen LogP contribution in [0.4, 0.5) is 0 Å². The van der Waals surface area contributed by atoms with E-state index < -0.39 is 0 Å². The molecule has 0 nitrogen and oxygen atoms in total. The summed E-state index contributed by atoms with van der Waals surface area (Å²) in [4.78, 5) is 0. The molecule has 108 heavy (non-hydrogen) atoms. The van der Waals surface area contributed by atoms with Gasteiger partial charge in [0.25, 0.3) is 0 Å². The first-order chi connectivity index (χ1) is 53.5. The SMILES string of the molecule is c1ccc(-c2ccc3cc(-c4c(-c5ccc6c7ccccc7c7ccccc7c6c5)c(-c5ccc6cc(-c7ccccc7)ccc6c5)c(-c5ccc6c7ccccc7c7ccccc7c6c5)c(-c5ccc6cc(-c7ccccc7)ccc6c5)c4-c4ccc5c6ccccc6c6ccccc6c5c4)ccc3c2)cc1. The summed E-state index contributed by atoms with van der Waals surface area (Å²) >= 11 is 0. The predicted molar refractivity (Wildman–Crippen MR) is 465 cm³/mol. The Labute approximate surface area is 625 Å². The highest BCUT2D eigenvalue weighted by molar-refractivity contribution is 6.30. The molecular weight excluding hydrogens is 1300 g/mol. The Balaban J connectivity index is 0.970. The Morgan fingerprint density at radius 2 is 0.231 bits per heavy atom. The number of fused-ring (bicyclic) bond motifs is 21. The van der Waals surface area contributed by atoms with E-state index in [1.54, 1.807) is 0 Å². The molecule has 0 aliphatic rings.